The molecular weight excluding hydrogens is 254 g/mol. The van der Waals surface area contributed by atoms with Crippen LogP contribution >= 0.6 is 0 Å². The van der Waals surface area contributed by atoms with Gasteiger partial charge in [0, 0.05) is 44.7 Å². The number of ketones is 1. The summed E-state index contributed by atoms with van der Waals surface area (Å²) in [5.74, 6) is 0.782. The van der Waals surface area contributed by atoms with Gasteiger partial charge in [0.15, 0.2) is 5.78 Å². The molecule has 1 heterocycles. The molecule has 0 unspecified atom stereocenters. The van der Waals surface area contributed by atoms with E-state index in [1.54, 1.807) is 18.2 Å². The van der Waals surface area contributed by atoms with Crippen molar-refractivity contribution in [1.29, 1.82) is 0 Å². The number of hydrogen-bond acceptors (Lipinski definition) is 5. The minimum Gasteiger partial charge on any atom is -0.492 e. The fraction of sp³-hybridized carbons (Fsp3) is 0.533. The van der Waals surface area contributed by atoms with Gasteiger partial charge in [-0.3, -0.25) is 4.79 Å². The Morgan fingerprint density at radius 1 is 1.40 bits per heavy atom. The number of nitrogen functional groups attached to an aromatic ring is 1. The SMILES string of the molecule is CCOc1ccc(C(=O)CCN2CCNCC2)cc1N. The second kappa shape index (κ2) is 7.26. The number of Topliss-reactive ketones (excluding diaryl/α,β-unsaturated/α-hetero) is 1. The maximum absolute atomic E-state index is 12.2. The third-order valence-electron chi connectivity index (χ3n) is 3.50. The van der Waals surface area contributed by atoms with Crippen molar-refractivity contribution in [3.8, 4) is 5.75 Å². The largest absolute Gasteiger partial charge is 0.492 e. The van der Waals surface area contributed by atoms with E-state index >= 15 is 0 Å². The number of nitrogens with two attached hydrogens (primary N) is 1. The van der Waals surface area contributed by atoms with Crippen LogP contribution in [0.2, 0.25) is 0 Å². The van der Waals surface area contributed by atoms with E-state index in [4.69, 9.17) is 10.5 Å². The van der Waals surface area contributed by atoms with E-state index in [0.717, 1.165) is 32.7 Å². The number of carbonyl (C=O) groups is 1. The molecule has 0 radical (unpaired) electrons. The van der Waals surface area contributed by atoms with Gasteiger partial charge in [-0.1, -0.05) is 0 Å². The number of benzene rings is 1. The minimum atomic E-state index is 0.137. The maximum atomic E-state index is 12.2. The van der Waals surface area contributed by atoms with Gasteiger partial charge in [-0.15, -0.1) is 0 Å². The van der Waals surface area contributed by atoms with Gasteiger partial charge in [0.2, 0.25) is 0 Å². The molecule has 1 aromatic carbocycles. The lowest BCUT2D eigenvalue weighted by molar-refractivity contribution is 0.0960. The van der Waals surface area contributed by atoms with Crippen molar-refractivity contribution in [3.05, 3.63) is 23.8 Å². The van der Waals surface area contributed by atoms with E-state index in [-0.39, 0.29) is 5.78 Å². The molecule has 20 heavy (non-hydrogen) atoms. The molecule has 5 heteroatoms. The summed E-state index contributed by atoms with van der Waals surface area (Å²) in [4.78, 5) is 14.5. The number of piperazine rings is 1. The van der Waals surface area contributed by atoms with Crippen molar-refractivity contribution in [2.45, 2.75) is 13.3 Å². The lowest BCUT2D eigenvalue weighted by atomic mass is 10.1. The molecule has 0 aromatic heterocycles. The topological polar surface area (TPSA) is 67.6 Å². The van der Waals surface area contributed by atoms with Crippen LogP contribution in [0.3, 0.4) is 0 Å². The average Bonchev–Trinajstić information content (AvgIpc) is 2.48. The standard InChI is InChI=1S/C15H23N3O2/c1-2-20-15-4-3-12(11-13(15)16)14(19)5-8-18-9-6-17-7-10-18/h3-4,11,17H,2,5-10,16H2,1H3. The van der Waals surface area contributed by atoms with Crippen LogP contribution in [-0.2, 0) is 0 Å². The second-order valence-electron chi connectivity index (χ2n) is 4.95. The fourth-order valence-corrected chi connectivity index (χ4v) is 2.35. The number of carbonyl (C=O) groups excluding carboxylic acids is 1. The summed E-state index contributed by atoms with van der Waals surface area (Å²) in [6.07, 6.45) is 0.535. The van der Waals surface area contributed by atoms with Gasteiger partial charge in [0.1, 0.15) is 5.75 Å². The predicted octanol–water partition coefficient (Wildman–Crippen LogP) is 1.15. The molecule has 1 saturated heterocycles. The number of ether oxygens (including phenoxy) is 1. The number of nitrogens with zero attached hydrogens (tertiary/aromatic N) is 1. The highest BCUT2D eigenvalue weighted by atomic mass is 16.5. The number of nitrogens with one attached hydrogen (secondary N) is 1. The molecule has 0 spiro atoms. The Morgan fingerprint density at radius 2 is 2.15 bits per heavy atom. The Hall–Kier alpha value is -1.59. The van der Waals surface area contributed by atoms with Gasteiger partial charge < -0.3 is 20.7 Å². The van der Waals surface area contributed by atoms with Gasteiger partial charge in [0.05, 0.1) is 12.3 Å². The molecule has 0 aliphatic carbocycles. The van der Waals surface area contributed by atoms with Crippen LogP contribution in [0.1, 0.15) is 23.7 Å². The van der Waals surface area contributed by atoms with Crippen molar-refractivity contribution in [2.75, 3.05) is 45.1 Å². The van der Waals surface area contributed by atoms with Crippen molar-refractivity contribution in [2.24, 2.45) is 0 Å². The van der Waals surface area contributed by atoms with Crippen molar-refractivity contribution >= 4 is 11.5 Å². The van der Waals surface area contributed by atoms with Gasteiger partial charge in [-0.25, -0.2) is 0 Å². The number of hydrogen-bond donors (Lipinski definition) is 2. The molecule has 2 rings (SSSR count). The van der Waals surface area contributed by atoms with E-state index < -0.39 is 0 Å². The molecule has 0 atom stereocenters. The molecule has 3 N–H and O–H groups in total. The third-order valence-corrected chi connectivity index (χ3v) is 3.50. The van der Waals surface area contributed by atoms with E-state index in [1.165, 1.54) is 0 Å². The summed E-state index contributed by atoms with van der Waals surface area (Å²) in [6, 6.07) is 5.28. The molecule has 1 fully saturated rings. The van der Waals surface area contributed by atoms with Crippen LogP contribution in [0, 0.1) is 0 Å². The monoisotopic (exact) mass is 277 g/mol. The first-order valence-corrected chi connectivity index (χ1v) is 7.19. The molecule has 0 saturated carbocycles. The highest BCUT2D eigenvalue weighted by Gasteiger charge is 2.13. The number of rotatable bonds is 6. The van der Waals surface area contributed by atoms with E-state index in [0.29, 0.717) is 30.0 Å². The van der Waals surface area contributed by atoms with Gasteiger partial charge in [-0.2, -0.15) is 0 Å². The number of anilines is 1. The zero-order valence-corrected chi connectivity index (χ0v) is 12.0. The highest BCUT2D eigenvalue weighted by molar-refractivity contribution is 5.97. The summed E-state index contributed by atoms with van der Waals surface area (Å²) >= 11 is 0. The molecule has 110 valence electrons. The summed E-state index contributed by atoms with van der Waals surface area (Å²) in [5, 5.41) is 3.30. The minimum absolute atomic E-state index is 0.137. The summed E-state index contributed by atoms with van der Waals surface area (Å²) in [5.41, 5.74) is 7.08. The van der Waals surface area contributed by atoms with Crippen molar-refractivity contribution < 1.29 is 9.53 Å². The first-order valence-electron chi connectivity index (χ1n) is 7.19. The van der Waals surface area contributed by atoms with E-state index in [2.05, 4.69) is 10.2 Å². The predicted molar refractivity (Wildman–Crippen MR) is 80.3 cm³/mol. The van der Waals surface area contributed by atoms with Crippen LogP contribution < -0.4 is 15.8 Å². The molecule has 1 aromatic rings. The zero-order chi connectivity index (χ0) is 14.4. The molecule has 1 aliphatic rings. The van der Waals surface area contributed by atoms with Crippen LogP contribution in [0.25, 0.3) is 0 Å². The Morgan fingerprint density at radius 3 is 2.80 bits per heavy atom. The molecule has 1 aliphatic heterocycles. The summed E-state index contributed by atoms with van der Waals surface area (Å²) in [6.45, 7) is 7.33. The Labute approximate surface area is 120 Å². The van der Waals surface area contributed by atoms with E-state index in [1.807, 2.05) is 6.92 Å². The van der Waals surface area contributed by atoms with Crippen molar-refractivity contribution in [3.63, 3.8) is 0 Å². The van der Waals surface area contributed by atoms with Crippen LogP contribution in [-0.4, -0.2) is 50.0 Å². The molecule has 0 amide bonds. The van der Waals surface area contributed by atoms with E-state index in [9.17, 15) is 4.79 Å². The quantitative estimate of drug-likeness (QED) is 0.603. The lowest BCUT2D eigenvalue weighted by Gasteiger charge is -2.26. The first kappa shape index (κ1) is 14.8. The fourth-order valence-electron chi connectivity index (χ4n) is 2.35. The van der Waals surface area contributed by atoms with Crippen LogP contribution in [0.15, 0.2) is 18.2 Å². The van der Waals surface area contributed by atoms with Gasteiger partial charge in [0.25, 0.3) is 0 Å². The smallest absolute Gasteiger partial charge is 0.164 e. The lowest BCUT2D eigenvalue weighted by Crippen LogP contribution is -2.44. The van der Waals surface area contributed by atoms with Gasteiger partial charge in [-0.05, 0) is 25.1 Å². The Kier molecular flexibility index (Phi) is 5.38. The molecule has 5 nitrogen and oxygen atoms in total. The normalized spacial score (nSPS) is 16.1. The molecular formula is C15H23N3O2. The Bertz CT molecular complexity index is 456. The van der Waals surface area contributed by atoms with Gasteiger partial charge >= 0.3 is 0 Å². The maximum Gasteiger partial charge on any atom is 0.164 e. The summed E-state index contributed by atoms with van der Waals surface area (Å²) in [7, 11) is 0. The first-order chi connectivity index (χ1) is 9.70. The molecule has 0 bridgehead atoms. The average molecular weight is 277 g/mol. The second-order valence-corrected chi connectivity index (χ2v) is 4.95. The third kappa shape index (κ3) is 3.95. The highest BCUT2D eigenvalue weighted by Crippen LogP contribution is 2.23. The van der Waals surface area contributed by atoms with Crippen LogP contribution in [0.4, 0.5) is 5.69 Å². The Balaban J connectivity index is 1.89. The van der Waals surface area contributed by atoms with Crippen LogP contribution in [0.5, 0.6) is 5.75 Å². The zero-order valence-electron chi connectivity index (χ0n) is 12.0. The summed E-state index contributed by atoms with van der Waals surface area (Å²) < 4.78 is 5.38. The van der Waals surface area contributed by atoms with Crippen molar-refractivity contribution in [1.82, 2.24) is 10.2 Å².